The van der Waals surface area contributed by atoms with Gasteiger partial charge in [0.15, 0.2) is 0 Å². The van der Waals surface area contributed by atoms with Crippen LogP contribution in [0.4, 0.5) is 0 Å². The van der Waals surface area contributed by atoms with E-state index in [0.717, 1.165) is 23.7 Å². The van der Waals surface area contributed by atoms with Crippen molar-refractivity contribution in [1.29, 1.82) is 0 Å². The van der Waals surface area contributed by atoms with E-state index < -0.39 is 6.10 Å². The van der Waals surface area contributed by atoms with Gasteiger partial charge in [0.2, 0.25) is 0 Å². The average molecular weight is 289 g/mol. The number of aromatic nitrogens is 3. The van der Waals surface area contributed by atoms with Crippen LogP contribution in [0.5, 0.6) is 5.75 Å². The molecule has 1 aromatic carbocycles. The first-order chi connectivity index (χ1) is 10.1. The van der Waals surface area contributed by atoms with Gasteiger partial charge in [0.05, 0.1) is 13.2 Å². The van der Waals surface area contributed by atoms with Crippen molar-refractivity contribution >= 4 is 0 Å². The van der Waals surface area contributed by atoms with Crippen LogP contribution >= 0.6 is 0 Å². The first kappa shape index (κ1) is 15.5. The number of methoxy groups -OCH3 is 1. The number of hydrogen-bond donors (Lipinski definition) is 1. The van der Waals surface area contributed by atoms with Gasteiger partial charge in [-0.25, -0.2) is 9.67 Å². The summed E-state index contributed by atoms with van der Waals surface area (Å²) in [4.78, 5) is 4.25. The lowest BCUT2D eigenvalue weighted by Crippen LogP contribution is -2.19. The fourth-order valence-corrected chi connectivity index (χ4v) is 2.35. The van der Waals surface area contributed by atoms with E-state index in [9.17, 15) is 5.11 Å². The first-order valence-corrected chi connectivity index (χ1v) is 7.26. The van der Waals surface area contributed by atoms with Crippen LogP contribution < -0.4 is 4.74 Å². The molecule has 1 unspecified atom stereocenters. The van der Waals surface area contributed by atoms with Crippen molar-refractivity contribution in [3.05, 3.63) is 42.0 Å². The summed E-state index contributed by atoms with van der Waals surface area (Å²) in [7, 11) is 1.64. The molecule has 1 aromatic heterocycles. The second-order valence-corrected chi connectivity index (χ2v) is 5.63. The van der Waals surface area contributed by atoms with Gasteiger partial charge in [-0.2, -0.15) is 5.10 Å². The molecular weight excluding hydrogens is 266 g/mol. The summed E-state index contributed by atoms with van der Waals surface area (Å²) in [6.07, 6.45) is 2.08. The van der Waals surface area contributed by atoms with Gasteiger partial charge in [0.1, 0.15) is 17.9 Å². The summed E-state index contributed by atoms with van der Waals surface area (Å²) in [5.41, 5.74) is 1.00. The van der Waals surface area contributed by atoms with Crippen molar-refractivity contribution in [3.8, 4) is 5.75 Å². The third-order valence-corrected chi connectivity index (χ3v) is 3.30. The molecule has 0 saturated heterocycles. The van der Waals surface area contributed by atoms with E-state index in [1.807, 2.05) is 28.9 Å². The van der Waals surface area contributed by atoms with E-state index in [-0.39, 0.29) is 0 Å². The molecule has 1 heterocycles. The number of rotatable bonds is 7. The highest BCUT2D eigenvalue weighted by atomic mass is 16.5. The monoisotopic (exact) mass is 289 g/mol. The lowest BCUT2D eigenvalue weighted by Gasteiger charge is -2.14. The van der Waals surface area contributed by atoms with E-state index in [1.165, 1.54) is 0 Å². The van der Waals surface area contributed by atoms with Crippen molar-refractivity contribution in [2.24, 2.45) is 5.92 Å². The number of aliphatic hydroxyl groups excluding tert-OH is 1. The maximum absolute atomic E-state index is 10.3. The summed E-state index contributed by atoms with van der Waals surface area (Å²) < 4.78 is 7.18. The molecule has 0 aliphatic rings. The Morgan fingerprint density at radius 1 is 1.24 bits per heavy atom. The van der Waals surface area contributed by atoms with Crippen molar-refractivity contribution in [1.82, 2.24) is 14.8 Å². The van der Waals surface area contributed by atoms with Crippen LogP contribution in [0.1, 0.15) is 25.2 Å². The van der Waals surface area contributed by atoms with Crippen LogP contribution in [0.15, 0.2) is 30.6 Å². The van der Waals surface area contributed by atoms with E-state index in [0.29, 0.717) is 18.8 Å². The Hall–Kier alpha value is -1.88. The lowest BCUT2D eigenvalue weighted by atomic mass is 10.0. The zero-order valence-corrected chi connectivity index (χ0v) is 12.9. The van der Waals surface area contributed by atoms with Crippen LogP contribution in [-0.2, 0) is 19.4 Å². The zero-order chi connectivity index (χ0) is 15.2. The number of nitrogens with zero attached hydrogens (tertiary/aromatic N) is 3. The molecule has 21 heavy (non-hydrogen) atoms. The summed E-state index contributed by atoms with van der Waals surface area (Å²) in [6, 6.07) is 7.75. The summed E-state index contributed by atoms with van der Waals surface area (Å²) in [5.74, 6) is 2.13. The molecule has 0 amide bonds. The lowest BCUT2D eigenvalue weighted by molar-refractivity contribution is 0.169. The van der Waals surface area contributed by atoms with Gasteiger partial charge in [-0.1, -0.05) is 32.0 Å². The number of benzene rings is 1. The van der Waals surface area contributed by atoms with Crippen LogP contribution in [-0.4, -0.2) is 33.1 Å². The van der Waals surface area contributed by atoms with Crippen molar-refractivity contribution in [3.63, 3.8) is 0 Å². The highest BCUT2D eigenvalue weighted by molar-refractivity contribution is 5.33. The molecule has 0 radical (unpaired) electrons. The standard InChI is InChI=1S/C16H23N3O2/c1-12(2)10-19-16(17-11-18-19)9-14(20)8-13-6-4-5-7-15(13)21-3/h4-7,11-12,14,20H,8-10H2,1-3H3. The van der Waals surface area contributed by atoms with Crippen LogP contribution in [0.2, 0.25) is 0 Å². The zero-order valence-electron chi connectivity index (χ0n) is 12.9. The quantitative estimate of drug-likeness (QED) is 0.848. The molecule has 0 aliphatic heterocycles. The van der Waals surface area contributed by atoms with Crippen molar-refractivity contribution in [2.45, 2.75) is 39.3 Å². The summed E-state index contributed by atoms with van der Waals surface area (Å²) in [5, 5.41) is 14.5. The second kappa shape index (κ2) is 7.22. The summed E-state index contributed by atoms with van der Waals surface area (Å²) in [6.45, 7) is 5.09. The SMILES string of the molecule is COc1ccccc1CC(O)Cc1ncnn1CC(C)C. The fraction of sp³-hybridized carbons (Fsp3) is 0.500. The van der Waals surface area contributed by atoms with Gasteiger partial charge in [0, 0.05) is 19.4 Å². The minimum atomic E-state index is -0.503. The van der Waals surface area contributed by atoms with E-state index in [4.69, 9.17) is 4.74 Å². The van der Waals surface area contributed by atoms with Gasteiger partial charge < -0.3 is 9.84 Å². The maximum Gasteiger partial charge on any atom is 0.138 e. The number of aliphatic hydroxyl groups is 1. The van der Waals surface area contributed by atoms with Gasteiger partial charge in [-0.15, -0.1) is 0 Å². The number of para-hydroxylation sites is 1. The Morgan fingerprint density at radius 3 is 2.71 bits per heavy atom. The molecule has 0 spiro atoms. The molecule has 1 N–H and O–H groups in total. The Morgan fingerprint density at radius 2 is 2.00 bits per heavy atom. The van der Waals surface area contributed by atoms with E-state index in [2.05, 4.69) is 23.9 Å². The van der Waals surface area contributed by atoms with Crippen molar-refractivity contribution < 1.29 is 9.84 Å². The molecular formula is C16H23N3O2. The normalized spacial score (nSPS) is 12.6. The van der Waals surface area contributed by atoms with Crippen molar-refractivity contribution in [2.75, 3.05) is 7.11 Å². The highest BCUT2D eigenvalue weighted by Gasteiger charge is 2.14. The largest absolute Gasteiger partial charge is 0.496 e. The van der Waals surface area contributed by atoms with Gasteiger partial charge >= 0.3 is 0 Å². The molecule has 5 heteroatoms. The molecule has 2 rings (SSSR count). The molecule has 1 atom stereocenters. The minimum absolute atomic E-state index is 0.491. The third-order valence-electron chi connectivity index (χ3n) is 3.30. The molecule has 0 saturated carbocycles. The van der Waals surface area contributed by atoms with Crippen LogP contribution in [0, 0.1) is 5.92 Å². The Kier molecular flexibility index (Phi) is 5.33. The highest BCUT2D eigenvalue weighted by Crippen LogP contribution is 2.19. The molecule has 0 fully saturated rings. The van der Waals surface area contributed by atoms with Gasteiger partial charge in [-0.3, -0.25) is 0 Å². The van der Waals surface area contributed by atoms with Gasteiger partial charge in [-0.05, 0) is 17.5 Å². The molecule has 114 valence electrons. The second-order valence-electron chi connectivity index (χ2n) is 5.63. The fourth-order valence-electron chi connectivity index (χ4n) is 2.35. The minimum Gasteiger partial charge on any atom is -0.496 e. The number of hydrogen-bond acceptors (Lipinski definition) is 4. The molecule has 0 aliphatic carbocycles. The maximum atomic E-state index is 10.3. The number of ether oxygens (including phenoxy) is 1. The Bertz CT molecular complexity index is 566. The van der Waals surface area contributed by atoms with Gasteiger partial charge in [0.25, 0.3) is 0 Å². The van der Waals surface area contributed by atoms with Crippen LogP contribution in [0.25, 0.3) is 0 Å². The first-order valence-electron chi connectivity index (χ1n) is 7.26. The molecule has 0 bridgehead atoms. The predicted octanol–water partition coefficient (Wildman–Crippen LogP) is 2.09. The topological polar surface area (TPSA) is 60.2 Å². The smallest absolute Gasteiger partial charge is 0.138 e. The average Bonchev–Trinajstić information content (AvgIpc) is 2.85. The third kappa shape index (κ3) is 4.29. The molecule has 5 nitrogen and oxygen atoms in total. The Balaban J connectivity index is 2.02. The Labute approximate surface area is 125 Å². The molecule has 2 aromatic rings. The van der Waals surface area contributed by atoms with E-state index >= 15 is 0 Å². The predicted molar refractivity (Wildman–Crippen MR) is 81.3 cm³/mol. The summed E-state index contributed by atoms with van der Waals surface area (Å²) >= 11 is 0. The van der Waals surface area contributed by atoms with E-state index in [1.54, 1.807) is 13.4 Å². The van der Waals surface area contributed by atoms with Crippen LogP contribution in [0.3, 0.4) is 0 Å².